The van der Waals surface area contributed by atoms with Crippen LogP contribution in [0.1, 0.15) is 49.3 Å². The van der Waals surface area contributed by atoms with Crippen LogP contribution in [0.15, 0.2) is 66.0 Å². The van der Waals surface area contributed by atoms with Crippen LogP contribution >= 0.6 is 11.3 Å². The first-order chi connectivity index (χ1) is 20.9. The third kappa shape index (κ3) is 7.59. The lowest BCUT2D eigenvalue weighted by Crippen LogP contribution is -2.35. The minimum absolute atomic E-state index is 0.0627. The predicted molar refractivity (Wildman–Crippen MR) is 171 cm³/mol. The van der Waals surface area contributed by atoms with Crippen LogP contribution in [0.25, 0.3) is 17.7 Å². The third-order valence-electron chi connectivity index (χ3n) is 7.18. The Balaban J connectivity index is 1.68. The molecule has 0 bridgehead atoms. The number of allylic oxidation sites excluding steroid dienone is 1. The maximum atomic E-state index is 13.1. The van der Waals surface area contributed by atoms with Crippen molar-refractivity contribution in [3.05, 3.63) is 97.4 Å². The lowest BCUT2D eigenvalue weighted by molar-refractivity contribution is -0.138. The number of para-hydroxylation sites is 1. The highest BCUT2D eigenvalue weighted by Gasteiger charge is 2.21. The number of carbonyl (C=O) groups excluding carboxylic acids is 1. The molecule has 1 aliphatic heterocycles. The minimum atomic E-state index is -1.27. The summed E-state index contributed by atoms with van der Waals surface area (Å²) in [6, 6.07) is 16.7. The quantitative estimate of drug-likeness (QED) is 0.183. The number of rotatable bonds is 12. The molecule has 9 heteroatoms. The Labute approximate surface area is 254 Å². The van der Waals surface area contributed by atoms with E-state index in [9.17, 15) is 24.8 Å². The van der Waals surface area contributed by atoms with Crippen molar-refractivity contribution >= 4 is 52.4 Å². The zero-order chi connectivity index (χ0) is 30.8. The van der Waals surface area contributed by atoms with E-state index in [4.69, 9.17) is 4.74 Å². The van der Waals surface area contributed by atoms with Gasteiger partial charge in [0, 0.05) is 17.9 Å². The van der Waals surface area contributed by atoms with Crippen molar-refractivity contribution in [1.82, 2.24) is 4.57 Å². The van der Waals surface area contributed by atoms with E-state index in [0.717, 1.165) is 47.3 Å². The van der Waals surface area contributed by atoms with Gasteiger partial charge in [0.2, 0.25) is 0 Å². The number of ether oxygens (including phenoxy) is 1. The number of esters is 1. The second kappa shape index (κ2) is 15.0. The first-order valence-electron chi connectivity index (χ1n) is 14.4. The molecule has 0 saturated carbocycles. The maximum absolute atomic E-state index is 13.1. The minimum Gasteiger partial charge on any atom is -0.480 e. The van der Waals surface area contributed by atoms with Crippen LogP contribution in [-0.2, 0) is 33.7 Å². The Hall–Kier alpha value is -4.68. The third-order valence-corrected chi connectivity index (χ3v) is 8.32. The van der Waals surface area contributed by atoms with Crippen molar-refractivity contribution < 1.29 is 19.4 Å². The van der Waals surface area contributed by atoms with Gasteiger partial charge in [0.1, 0.15) is 23.9 Å². The molecule has 3 aromatic rings. The van der Waals surface area contributed by atoms with E-state index in [-0.39, 0.29) is 15.8 Å². The number of hydrogen-bond donors (Lipinski definition) is 1. The molecule has 222 valence electrons. The molecule has 0 spiro atoms. The van der Waals surface area contributed by atoms with Crippen LogP contribution in [0, 0.1) is 11.3 Å². The highest BCUT2D eigenvalue weighted by atomic mass is 32.1. The fraction of sp³-hybridized carbons (Fsp3) is 0.294. The van der Waals surface area contributed by atoms with E-state index in [0.29, 0.717) is 0 Å². The molecule has 0 aliphatic carbocycles. The van der Waals surface area contributed by atoms with E-state index in [2.05, 4.69) is 60.9 Å². The monoisotopic (exact) mass is 597 g/mol. The van der Waals surface area contributed by atoms with Gasteiger partial charge < -0.3 is 14.7 Å². The van der Waals surface area contributed by atoms with Gasteiger partial charge in [0.15, 0.2) is 5.57 Å². The summed E-state index contributed by atoms with van der Waals surface area (Å²) in [5, 5.41) is 18.9. The summed E-state index contributed by atoms with van der Waals surface area (Å²) in [6.07, 6.45) is 13.1. The molecule has 0 fully saturated rings. The van der Waals surface area contributed by atoms with Crippen molar-refractivity contribution in [2.24, 2.45) is 0 Å². The van der Waals surface area contributed by atoms with E-state index < -0.39 is 29.6 Å². The number of anilines is 2. The number of nitriles is 1. The topological polar surface area (TPSA) is 113 Å². The standard InChI is InChI=1S/C34H35N3O5S/c1-3-5-6-9-19-36-28-13-8-7-12-25(28)16-17-26-21-24(15-18-29(26)36)11-10-14-30-32(40)37(23-31(38)39)33(43-30)27(22-35)34(41)42-20-4-2/h4,7-8,10-15,18,21H,2-3,5-6,9,16-17,19-20,23H2,1H3,(H,38,39). The predicted octanol–water partition coefficient (Wildman–Crippen LogP) is 4.71. The molecule has 0 atom stereocenters. The molecule has 0 saturated heterocycles. The van der Waals surface area contributed by atoms with Crippen LogP contribution in [-0.4, -0.2) is 34.8 Å². The Morgan fingerprint density at radius 2 is 1.88 bits per heavy atom. The van der Waals surface area contributed by atoms with Gasteiger partial charge in [-0.2, -0.15) is 5.26 Å². The van der Waals surface area contributed by atoms with Gasteiger partial charge in [-0.1, -0.05) is 75.3 Å². The number of aryl methyl sites for hydroxylation is 2. The smallest absolute Gasteiger partial charge is 0.352 e. The lowest BCUT2D eigenvalue weighted by atomic mass is 10.0. The lowest BCUT2D eigenvalue weighted by Gasteiger charge is -2.27. The summed E-state index contributed by atoms with van der Waals surface area (Å²) < 4.78 is 6.01. The molecule has 4 rings (SSSR count). The number of benzene rings is 2. The van der Waals surface area contributed by atoms with Gasteiger partial charge in [-0.15, -0.1) is 11.3 Å². The zero-order valence-corrected chi connectivity index (χ0v) is 25.1. The number of nitrogens with zero attached hydrogens (tertiary/aromatic N) is 3. The molecule has 2 heterocycles. The zero-order valence-electron chi connectivity index (χ0n) is 24.3. The van der Waals surface area contributed by atoms with Gasteiger partial charge in [-0.05, 0) is 60.2 Å². The number of carboxylic acids is 1. The number of hydrogen-bond acceptors (Lipinski definition) is 7. The average molecular weight is 598 g/mol. The van der Waals surface area contributed by atoms with Crippen LogP contribution in [0.5, 0.6) is 0 Å². The molecular weight excluding hydrogens is 562 g/mol. The fourth-order valence-electron chi connectivity index (χ4n) is 5.13. The number of aromatic nitrogens is 1. The van der Waals surface area contributed by atoms with Crippen molar-refractivity contribution in [2.75, 3.05) is 18.1 Å². The molecule has 8 nitrogen and oxygen atoms in total. The molecule has 2 aromatic carbocycles. The Kier molecular flexibility index (Phi) is 10.9. The van der Waals surface area contributed by atoms with Crippen molar-refractivity contribution in [3.8, 4) is 6.07 Å². The van der Waals surface area contributed by atoms with Gasteiger partial charge in [-0.25, -0.2) is 4.79 Å². The van der Waals surface area contributed by atoms with Crippen molar-refractivity contribution in [3.63, 3.8) is 0 Å². The number of aliphatic carboxylic acids is 1. The van der Waals surface area contributed by atoms with Crippen LogP contribution in [0.2, 0.25) is 0 Å². The number of thiazole rings is 1. The highest BCUT2D eigenvalue weighted by Crippen LogP contribution is 2.36. The fourth-order valence-corrected chi connectivity index (χ4v) is 6.17. The van der Waals surface area contributed by atoms with E-state index in [1.807, 2.05) is 6.08 Å². The van der Waals surface area contributed by atoms with Crippen LogP contribution in [0.3, 0.4) is 0 Å². The second-order valence-electron chi connectivity index (χ2n) is 10.2. The number of carbonyl (C=O) groups is 2. The normalized spacial score (nSPS) is 13.6. The number of unbranched alkanes of at least 4 members (excludes halogenated alkanes) is 3. The summed E-state index contributed by atoms with van der Waals surface area (Å²) in [7, 11) is 0. The summed E-state index contributed by atoms with van der Waals surface area (Å²) >= 11 is 0.875. The SMILES string of the molecule is C=CCOC(=O)C(C#N)=c1sc(=CC=Cc2ccc3c(c2)CCc2ccccc2N3CCCCCC)c(=O)n1CC(=O)O. The van der Waals surface area contributed by atoms with Crippen molar-refractivity contribution in [1.29, 1.82) is 5.26 Å². The largest absolute Gasteiger partial charge is 0.480 e. The molecule has 43 heavy (non-hydrogen) atoms. The first-order valence-corrected chi connectivity index (χ1v) is 15.2. The van der Waals surface area contributed by atoms with Gasteiger partial charge in [0.25, 0.3) is 5.56 Å². The summed E-state index contributed by atoms with van der Waals surface area (Å²) in [6.45, 7) is 5.83. The summed E-state index contributed by atoms with van der Waals surface area (Å²) in [5.41, 5.74) is 5.00. The Morgan fingerprint density at radius 3 is 2.63 bits per heavy atom. The van der Waals surface area contributed by atoms with Gasteiger partial charge in [-0.3, -0.25) is 14.2 Å². The van der Waals surface area contributed by atoms with Gasteiger partial charge in [0.05, 0.1) is 4.53 Å². The average Bonchev–Trinajstić information content (AvgIpc) is 3.20. The highest BCUT2D eigenvalue weighted by molar-refractivity contribution is 7.07. The summed E-state index contributed by atoms with van der Waals surface area (Å²) in [5.74, 6) is -2.22. The molecule has 0 unspecified atom stereocenters. The molecule has 1 N–H and O–H groups in total. The van der Waals surface area contributed by atoms with Gasteiger partial charge >= 0.3 is 11.9 Å². The molecule has 0 radical (unpaired) electrons. The maximum Gasteiger partial charge on any atom is 0.352 e. The van der Waals surface area contributed by atoms with E-state index in [1.54, 1.807) is 18.2 Å². The van der Waals surface area contributed by atoms with Crippen molar-refractivity contribution in [2.45, 2.75) is 52.0 Å². The Morgan fingerprint density at radius 1 is 1.12 bits per heavy atom. The van der Waals surface area contributed by atoms with E-state index in [1.165, 1.54) is 47.8 Å². The summed E-state index contributed by atoms with van der Waals surface area (Å²) in [4.78, 5) is 39.4. The molecule has 0 amide bonds. The number of fused-ring (bicyclic) bond motifs is 2. The first kappa shape index (κ1) is 31.3. The molecule has 1 aliphatic rings. The Bertz CT molecular complexity index is 1760. The van der Waals surface area contributed by atoms with Crippen LogP contribution in [0.4, 0.5) is 11.4 Å². The van der Waals surface area contributed by atoms with Crippen LogP contribution < -0.4 is 19.7 Å². The second-order valence-corrected chi connectivity index (χ2v) is 11.2. The molecule has 1 aromatic heterocycles. The molecular formula is C34H35N3O5S. The van der Waals surface area contributed by atoms with E-state index >= 15 is 0 Å². The number of carboxylic acid groups (broad SMARTS) is 1.